The van der Waals surface area contributed by atoms with Gasteiger partial charge in [0.1, 0.15) is 12.4 Å². The number of hydrogen-bond acceptors (Lipinski definition) is 4. The summed E-state index contributed by atoms with van der Waals surface area (Å²) in [5.74, 6) is 1.77. The number of nitrogens with one attached hydrogen (secondary N) is 2. The number of morpholine rings is 1. The van der Waals surface area contributed by atoms with Crippen LogP contribution < -0.4 is 15.4 Å². The number of hydrogen-bond donors (Lipinski definition) is 2. The highest BCUT2D eigenvalue weighted by Crippen LogP contribution is 2.19. The highest BCUT2D eigenvalue weighted by atomic mass is 127. The molecule has 1 fully saturated rings. The Morgan fingerprint density at radius 2 is 2.00 bits per heavy atom. The van der Waals surface area contributed by atoms with E-state index in [1.165, 1.54) is 0 Å². The van der Waals surface area contributed by atoms with E-state index in [0.717, 1.165) is 63.1 Å². The van der Waals surface area contributed by atoms with Gasteiger partial charge in [0.2, 0.25) is 0 Å². The Morgan fingerprint density at radius 1 is 1.26 bits per heavy atom. The Morgan fingerprint density at radius 3 is 2.70 bits per heavy atom. The van der Waals surface area contributed by atoms with E-state index < -0.39 is 0 Å². The Labute approximate surface area is 181 Å². The zero-order chi connectivity index (χ0) is 18.6. The van der Waals surface area contributed by atoms with Crippen LogP contribution in [0.25, 0.3) is 0 Å². The quantitative estimate of drug-likeness (QED) is 0.317. The average Bonchev–Trinajstić information content (AvgIpc) is 2.68. The number of rotatable bonds is 9. The van der Waals surface area contributed by atoms with E-state index in [2.05, 4.69) is 42.4 Å². The van der Waals surface area contributed by atoms with E-state index in [0.29, 0.717) is 19.2 Å². The third-order valence-corrected chi connectivity index (χ3v) is 4.49. The smallest absolute Gasteiger partial charge is 0.191 e. The molecule has 0 spiro atoms. The van der Waals surface area contributed by atoms with Crippen molar-refractivity contribution >= 4 is 29.9 Å². The van der Waals surface area contributed by atoms with Gasteiger partial charge in [0.25, 0.3) is 0 Å². The van der Waals surface area contributed by atoms with Crippen molar-refractivity contribution in [3.05, 3.63) is 29.8 Å². The van der Waals surface area contributed by atoms with E-state index in [1.54, 1.807) is 0 Å². The molecule has 27 heavy (non-hydrogen) atoms. The van der Waals surface area contributed by atoms with Crippen molar-refractivity contribution in [2.75, 3.05) is 46.0 Å². The van der Waals surface area contributed by atoms with Gasteiger partial charge in [-0.05, 0) is 26.3 Å². The van der Waals surface area contributed by atoms with Crippen LogP contribution >= 0.6 is 24.0 Å². The first-order valence-electron chi connectivity index (χ1n) is 9.78. The molecule has 1 heterocycles. The second kappa shape index (κ2) is 14.0. The van der Waals surface area contributed by atoms with Gasteiger partial charge in [-0.1, -0.05) is 25.1 Å². The normalized spacial score (nSPS) is 16.3. The van der Waals surface area contributed by atoms with Crippen LogP contribution in [0.5, 0.6) is 5.75 Å². The fraction of sp³-hybridized carbons (Fsp3) is 0.650. The summed E-state index contributed by atoms with van der Waals surface area (Å²) in [5, 5.41) is 6.73. The molecule has 1 aromatic rings. The maximum absolute atomic E-state index is 6.04. The van der Waals surface area contributed by atoms with Crippen LogP contribution in [0.3, 0.4) is 0 Å². The average molecular weight is 490 g/mol. The fourth-order valence-electron chi connectivity index (χ4n) is 2.70. The lowest BCUT2D eigenvalue weighted by Crippen LogP contribution is -2.41. The zero-order valence-electron chi connectivity index (χ0n) is 16.9. The molecule has 1 unspecified atom stereocenters. The van der Waals surface area contributed by atoms with E-state index in [1.807, 2.05) is 18.2 Å². The van der Waals surface area contributed by atoms with Crippen molar-refractivity contribution in [3.8, 4) is 5.75 Å². The van der Waals surface area contributed by atoms with Crippen LogP contribution in [-0.2, 0) is 11.3 Å². The first-order valence-corrected chi connectivity index (χ1v) is 9.78. The number of guanidine groups is 1. The summed E-state index contributed by atoms with van der Waals surface area (Å²) in [7, 11) is 0. The molecule has 1 aromatic carbocycles. The van der Waals surface area contributed by atoms with Gasteiger partial charge in [0.05, 0.1) is 19.8 Å². The molecular weight excluding hydrogens is 455 g/mol. The van der Waals surface area contributed by atoms with Gasteiger partial charge in [0.15, 0.2) is 5.96 Å². The van der Waals surface area contributed by atoms with Crippen molar-refractivity contribution in [1.29, 1.82) is 0 Å². The minimum absolute atomic E-state index is 0. The highest BCUT2D eigenvalue weighted by molar-refractivity contribution is 14.0. The van der Waals surface area contributed by atoms with Gasteiger partial charge in [-0.25, -0.2) is 4.99 Å². The molecule has 2 rings (SSSR count). The molecule has 0 amide bonds. The standard InChI is InChI=1S/C20H34N4O2.HI/c1-4-17(3)23-20(21-5-2)22-16-18-8-6-7-9-19(18)26-15-12-24-10-13-25-14-11-24;/h6-9,17H,4-5,10-16H2,1-3H3,(H2,21,22,23);1H. The van der Waals surface area contributed by atoms with Crippen molar-refractivity contribution in [2.24, 2.45) is 4.99 Å². The highest BCUT2D eigenvalue weighted by Gasteiger charge is 2.10. The molecule has 2 N–H and O–H groups in total. The van der Waals surface area contributed by atoms with Crippen LogP contribution in [0.1, 0.15) is 32.8 Å². The monoisotopic (exact) mass is 490 g/mol. The number of ether oxygens (including phenoxy) is 2. The summed E-state index contributed by atoms with van der Waals surface area (Å²) in [5.41, 5.74) is 1.11. The minimum Gasteiger partial charge on any atom is -0.492 e. The summed E-state index contributed by atoms with van der Waals surface area (Å²) in [6.45, 7) is 13.1. The lowest BCUT2D eigenvalue weighted by atomic mass is 10.2. The van der Waals surface area contributed by atoms with Crippen LogP contribution in [-0.4, -0.2) is 62.9 Å². The van der Waals surface area contributed by atoms with E-state index >= 15 is 0 Å². The topological polar surface area (TPSA) is 58.1 Å². The fourth-order valence-corrected chi connectivity index (χ4v) is 2.70. The largest absolute Gasteiger partial charge is 0.492 e. The van der Waals surface area contributed by atoms with Crippen LogP contribution in [0.15, 0.2) is 29.3 Å². The van der Waals surface area contributed by atoms with E-state index in [4.69, 9.17) is 14.5 Å². The van der Waals surface area contributed by atoms with Crippen LogP contribution in [0.4, 0.5) is 0 Å². The predicted molar refractivity (Wildman–Crippen MR) is 122 cm³/mol. The lowest BCUT2D eigenvalue weighted by Gasteiger charge is -2.26. The summed E-state index contributed by atoms with van der Waals surface area (Å²) in [6, 6.07) is 8.56. The molecule has 1 aliphatic rings. The molecule has 1 atom stereocenters. The molecule has 0 aliphatic carbocycles. The molecule has 0 radical (unpaired) electrons. The van der Waals surface area contributed by atoms with Gasteiger partial charge in [-0.15, -0.1) is 24.0 Å². The summed E-state index contributed by atoms with van der Waals surface area (Å²) >= 11 is 0. The molecular formula is C20H35IN4O2. The van der Waals surface area contributed by atoms with Gasteiger partial charge in [-0.3, -0.25) is 4.90 Å². The Kier molecular flexibility index (Phi) is 12.4. The molecule has 0 bridgehead atoms. The molecule has 0 aromatic heterocycles. The molecule has 0 saturated carbocycles. The molecule has 1 saturated heterocycles. The molecule has 1 aliphatic heterocycles. The summed E-state index contributed by atoms with van der Waals surface area (Å²) in [4.78, 5) is 7.10. The van der Waals surface area contributed by atoms with Crippen molar-refractivity contribution in [3.63, 3.8) is 0 Å². The molecule has 7 heteroatoms. The number of benzene rings is 1. The second-order valence-electron chi connectivity index (χ2n) is 6.56. The third kappa shape index (κ3) is 9.12. The number of halogens is 1. The number of aliphatic imine (C=N–C) groups is 1. The molecule has 154 valence electrons. The Balaban J connectivity index is 0.00000364. The maximum Gasteiger partial charge on any atom is 0.191 e. The second-order valence-corrected chi connectivity index (χ2v) is 6.56. The molecule has 6 nitrogen and oxygen atoms in total. The zero-order valence-corrected chi connectivity index (χ0v) is 19.2. The van der Waals surface area contributed by atoms with Crippen molar-refractivity contribution < 1.29 is 9.47 Å². The van der Waals surface area contributed by atoms with Crippen LogP contribution in [0, 0.1) is 0 Å². The number of para-hydroxylation sites is 1. The SMILES string of the molecule is CCNC(=NCc1ccccc1OCCN1CCOCC1)NC(C)CC.I. The first kappa shape index (κ1) is 24.0. The van der Waals surface area contributed by atoms with E-state index in [-0.39, 0.29) is 24.0 Å². The van der Waals surface area contributed by atoms with Gasteiger partial charge >= 0.3 is 0 Å². The van der Waals surface area contributed by atoms with Gasteiger partial charge in [-0.2, -0.15) is 0 Å². The predicted octanol–water partition coefficient (Wildman–Crippen LogP) is 2.87. The maximum atomic E-state index is 6.04. The van der Waals surface area contributed by atoms with Crippen LogP contribution in [0.2, 0.25) is 0 Å². The third-order valence-electron chi connectivity index (χ3n) is 4.49. The Hall–Kier alpha value is -1.06. The van der Waals surface area contributed by atoms with Crippen molar-refractivity contribution in [1.82, 2.24) is 15.5 Å². The minimum atomic E-state index is 0. The lowest BCUT2D eigenvalue weighted by molar-refractivity contribution is 0.0322. The first-order chi connectivity index (χ1) is 12.7. The van der Waals surface area contributed by atoms with Gasteiger partial charge < -0.3 is 20.1 Å². The Bertz CT molecular complexity index is 551. The van der Waals surface area contributed by atoms with Crippen molar-refractivity contribution in [2.45, 2.75) is 39.8 Å². The summed E-state index contributed by atoms with van der Waals surface area (Å²) in [6.07, 6.45) is 1.06. The van der Waals surface area contributed by atoms with Gasteiger partial charge in [0, 0.05) is 37.8 Å². The summed E-state index contributed by atoms with van der Waals surface area (Å²) < 4.78 is 11.4. The number of nitrogens with zero attached hydrogens (tertiary/aromatic N) is 2. The van der Waals surface area contributed by atoms with E-state index in [9.17, 15) is 0 Å².